The van der Waals surface area contributed by atoms with Crippen molar-refractivity contribution in [3.8, 4) is 5.88 Å². The number of nitrogens with one attached hydrogen (secondary N) is 3. The Kier molecular flexibility index (Phi) is 6.00. The van der Waals surface area contributed by atoms with Crippen molar-refractivity contribution in [2.45, 2.75) is 32.4 Å². The van der Waals surface area contributed by atoms with Crippen LogP contribution in [0.1, 0.15) is 31.1 Å². The number of rotatable bonds is 7. The van der Waals surface area contributed by atoms with Crippen LogP contribution in [-0.4, -0.2) is 50.2 Å². The minimum absolute atomic E-state index is 0.121. The van der Waals surface area contributed by atoms with E-state index in [4.69, 9.17) is 9.84 Å². The standard InChI is InChI=1S/C20H25N5O4/c1-12-16-14(24-25-18(16)29-10-9-26)11-15(21-12)22-19(27)23-17(20(2,3)28)13-7-5-4-6-8-13/h4-8,11,17,26,28H,9-10H2,1-3H3,(H,24,25)(H2,21,22,23,27). The number of anilines is 1. The molecule has 0 aliphatic carbocycles. The van der Waals surface area contributed by atoms with E-state index in [-0.39, 0.29) is 13.2 Å². The molecule has 0 aliphatic rings. The van der Waals surface area contributed by atoms with Crippen molar-refractivity contribution in [3.05, 3.63) is 47.7 Å². The molecule has 2 aromatic heterocycles. The van der Waals surface area contributed by atoms with Gasteiger partial charge < -0.3 is 20.3 Å². The maximum atomic E-state index is 12.6. The topological polar surface area (TPSA) is 132 Å². The SMILES string of the molecule is Cc1nc(NC(=O)NC(c2ccccc2)C(C)(C)O)cc2[nH]nc(OCCO)c12. The van der Waals surface area contributed by atoms with E-state index >= 15 is 0 Å². The number of amides is 2. The molecule has 1 unspecified atom stereocenters. The third-order valence-corrected chi connectivity index (χ3v) is 4.38. The average Bonchev–Trinajstić information content (AvgIpc) is 3.07. The molecule has 29 heavy (non-hydrogen) atoms. The van der Waals surface area contributed by atoms with E-state index in [1.54, 1.807) is 26.8 Å². The van der Waals surface area contributed by atoms with Gasteiger partial charge in [0.05, 0.1) is 34.8 Å². The second-order valence-electron chi connectivity index (χ2n) is 7.21. The number of aliphatic hydroxyl groups excluding tert-OH is 1. The van der Waals surface area contributed by atoms with Crippen LogP contribution in [0.15, 0.2) is 36.4 Å². The quantitative estimate of drug-likeness (QED) is 0.414. The zero-order valence-corrected chi connectivity index (χ0v) is 16.6. The molecule has 1 aromatic carbocycles. The van der Waals surface area contributed by atoms with Crippen molar-refractivity contribution in [1.29, 1.82) is 0 Å². The largest absolute Gasteiger partial charge is 0.474 e. The molecule has 9 nitrogen and oxygen atoms in total. The summed E-state index contributed by atoms with van der Waals surface area (Å²) in [4.78, 5) is 17.0. The van der Waals surface area contributed by atoms with Crippen molar-refractivity contribution in [2.24, 2.45) is 0 Å². The molecule has 0 saturated carbocycles. The lowest BCUT2D eigenvalue weighted by Crippen LogP contribution is -2.43. The van der Waals surface area contributed by atoms with Gasteiger partial charge in [-0.1, -0.05) is 30.3 Å². The molecule has 1 atom stereocenters. The Labute approximate surface area is 168 Å². The van der Waals surface area contributed by atoms with Gasteiger partial charge in [-0.2, -0.15) is 0 Å². The number of hydrogen-bond acceptors (Lipinski definition) is 6. The molecule has 5 N–H and O–H groups in total. The van der Waals surface area contributed by atoms with Crippen LogP contribution < -0.4 is 15.4 Å². The number of aromatic nitrogens is 3. The fourth-order valence-electron chi connectivity index (χ4n) is 3.11. The van der Waals surface area contributed by atoms with Crippen LogP contribution in [0.25, 0.3) is 10.9 Å². The highest BCUT2D eigenvalue weighted by molar-refractivity contribution is 5.93. The molecular weight excluding hydrogens is 374 g/mol. The Bertz CT molecular complexity index is 982. The summed E-state index contributed by atoms with van der Waals surface area (Å²) in [6, 6.07) is 9.79. The van der Waals surface area contributed by atoms with Gasteiger partial charge in [0, 0.05) is 6.07 Å². The fraction of sp³-hybridized carbons (Fsp3) is 0.350. The summed E-state index contributed by atoms with van der Waals surface area (Å²) in [7, 11) is 0. The van der Waals surface area contributed by atoms with E-state index in [0.29, 0.717) is 28.3 Å². The maximum Gasteiger partial charge on any atom is 0.320 e. The van der Waals surface area contributed by atoms with E-state index in [0.717, 1.165) is 5.56 Å². The molecule has 3 aromatic rings. The van der Waals surface area contributed by atoms with Crippen molar-refractivity contribution in [3.63, 3.8) is 0 Å². The molecular formula is C20H25N5O4. The number of carbonyl (C=O) groups is 1. The summed E-state index contributed by atoms with van der Waals surface area (Å²) in [6.45, 7) is 5.05. The Morgan fingerprint density at radius 3 is 2.69 bits per heavy atom. The van der Waals surface area contributed by atoms with Crippen LogP contribution in [0.3, 0.4) is 0 Å². The molecule has 2 amide bonds. The van der Waals surface area contributed by atoms with Gasteiger partial charge in [0.1, 0.15) is 12.4 Å². The van der Waals surface area contributed by atoms with Crippen molar-refractivity contribution >= 4 is 22.8 Å². The number of urea groups is 1. The maximum absolute atomic E-state index is 12.6. The van der Waals surface area contributed by atoms with Crippen LogP contribution in [0.5, 0.6) is 5.88 Å². The van der Waals surface area contributed by atoms with Gasteiger partial charge in [-0.3, -0.25) is 10.4 Å². The zero-order valence-electron chi connectivity index (χ0n) is 16.6. The van der Waals surface area contributed by atoms with Gasteiger partial charge in [-0.25, -0.2) is 9.78 Å². The highest BCUT2D eigenvalue weighted by Gasteiger charge is 2.30. The summed E-state index contributed by atoms with van der Waals surface area (Å²) < 4.78 is 5.39. The van der Waals surface area contributed by atoms with E-state index in [9.17, 15) is 9.90 Å². The number of H-pyrrole nitrogens is 1. The first kappa shape index (κ1) is 20.6. The zero-order chi connectivity index (χ0) is 21.0. The van der Waals surface area contributed by atoms with E-state index in [2.05, 4.69) is 25.8 Å². The van der Waals surface area contributed by atoms with E-state index < -0.39 is 17.7 Å². The highest BCUT2D eigenvalue weighted by atomic mass is 16.5. The molecule has 9 heteroatoms. The Morgan fingerprint density at radius 2 is 2.03 bits per heavy atom. The van der Waals surface area contributed by atoms with Gasteiger partial charge in [0.15, 0.2) is 0 Å². The number of hydrogen-bond donors (Lipinski definition) is 5. The summed E-state index contributed by atoms with van der Waals surface area (Å²) in [6.07, 6.45) is 0. The predicted molar refractivity (Wildman–Crippen MR) is 109 cm³/mol. The van der Waals surface area contributed by atoms with E-state index in [1.165, 1.54) is 0 Å². The molecule has 0 aliphatic heterocycles. The van der Waals surface area contributed by atoms with Crippen LogP contribution >= 0.6 is 0 Å². The number of ether oxygens (including phenoxy) is 1. The molecule has 0 radical (unpaired) electrons. The lowest BCUT2D eigenvalue weighted by Gasteiger charge is -2.30. The average molecular weight is 399 g/mol. The Hall–Kier alpha value is -3.17. The van der Waals surface area contributed by atoms with Gasteiger partial charge >= 0.3 is 6.03 Å². The first-order chi connectivity index (χ1) is 13.8. The summed E-state index contributed by atoms with van der Waals surface area (Å²) in [5.74, 6) is 0.675. The molecule has 0 spiro atoms. The van der Waals surface area contributed by atoms with E-state index in [1.807, 2.05) is 30.3 Å². The van der Waals surface area contributed by atoms with Crippen LogP contribution in [0.4, 0.5) is 10.6 Å². The second-order valence-corrected chi connectivity index (χ2v) is 7.21. The lowest BCUT2D eigenvalue weighted by molar-refractivity contribution is 0.0415. The van der Waals surface area contributed by atoms with Gasteiger partial charge in [-0.05, 0) is 26.3 Å². The number of fused-ring (bicyclic) bond motifs is 1. The van der Waals surface area contributed by atoms with Crippen molar-refractivity contribution in [2.75, 3.05) is 18.5 Å². The summed E-state index contributed by atoms with van der Waals surface area (Å²) in [5.41, 5.74) is 0.868. The minimum atomic E-state index is -1.17. The number of aromatic amines is 1. The molecule has 0 fully saturated rings. The normalized spacial score (nSPS) is 12.6. The molecule has 0 saturated heterocycles. The highest BCUT2D eigenvalue weighted by Crippen LogP contribution is 2.28. The lowest BCUT2D eigenvalue weighted by atomic mass is 9.92. The molecule has 3 rings (SSSR count). The first-order valence-corrected chi connectivity index (χ1v) is 9.24. The number of pyridine rings is 1. The Balaban J connectivity index is 1.78. The van der Waals surface area contributed by atoms with Gasteiger partial charge in [0.25, 0.3) is 0 Å². The minimum Gasteiger partial charge on any atom is -0.474 e. The van der Waals surface area contributed by atoms with Crippen LogP contribution in [0.2, 0.25) is 0 Å². The number of carbonyl (C=O) groups excluding carboxylic acids is 1. The van der Waals surface area contributed by atoms with Gasteiger partial charge in [0.2, 0.25) is 5.88 Å². The van der Waals surface area contributed by atoms with Crippen molar-refractivity contribution in [1.82, 2.24) is 20.5 Å². The third kappa shape index (κ3) is 4.82. The second kappa shape index (κ2) is 8.46. The fourth-order valence-corrected chi connectivity index (χ4v) is 3.11. The number of aryl methyl sites for hydroxylation is 1. The number of aliphatic hydroxyl groups is 2. The summed E-state index contributed by atoms with van der Waals surface area (Å²) in [5, 5.41) is 32.5. The predicted octanol–water partition coefficient (Wildman–Crippen LogP) is 2.27. The first-order valence-electron chi connectivity index (χ1n) is 9.24. The Morgan fingerprint density at radius 1 is 1.31 bits per heavy atom. The molecule has 0 bridgehead atoms. The van der Waals surface area contributed by atoms with Gasteiger partial charge in [-0.15, -0.1) is 5.10 Å². The monoisotopic (exact) mass is 399 g/mol. The van der Waals surface area contributed by atoms with Crippen LogP contribution in [0, 0.1) is 6.92 Å². The molecule has 2 heterocycles. The van der Waals surface area contributed by atoms with Crippen LogP contribution in [-0.2, 0) is 0 Å². The third-order valence-electron chi connectivity index (χ3n) is 4.38. The number of benzene rings is 1. The molecule has 154 valence electrons. The number of nitrogens with zero attached hydrogens (tertiary/aromatic N) is 2. The summed E-state index contributed by atoms with van der Waals surface area (Å²) >= 11 is 0. The smallest absolute Gasteiger partial charge is 0.320 e. The van der Waals surface area contributed by atoms with Crippen molar-refractivity contribution < 1.29 is 19.7 Å².